The molecule has 1 fully saturated rings. The molecule has 3 heteroatoms. The quantitative estimate of drug-likeness (QED) is 0.799. The Morgan fingerprint density at radius 1 is 1.44 bits per heavy atom. The van der Waals surface area contributed by atoms with Crippen LogP contribution in [-0.2, 0) is 6.54 Å². The van der Waals surface area contributed by atoms with Crippen LogP contribution in [0.3, 0.4) is 0 Å². The molecular formula is C15H22N2S. The van der Waals surface area contributed by atoms with Gasteiger partial charge in [-0.25, -0.2) is 0 Å². The number of hydrogen-bond donors (Lipinski definition) is 1. The lowest BCUT2D eigenvalue weighted by atomic mass is 10.1. The van der Waals surface area contributed by atoms with E-state index in [4.69, 9.17) is 18.0 Å². The Morgan fingerprint density at radius 2 is 2.17 bits per heavy atom. The van der Waals surface area contributed by atoms with Crippen molar-refractivity contribution in [2.45, 2.75) is 39.3 Å². The summed E-state index contributed by atoms with van der Waals surface area (Å²) in [4.78, 5) is 3.07. The van der Waals surface area contributed by atoms with Gasteiger partial charge in [-0.1, -0.05) is 44.3 Å². The van der Waals surface area contributed by atoms with Crippen LogP contribution >= 0.6 is 12.2 Å². The maximum Gasteiger partial charge on any atom is 0.103 e. The van der Waals surface area contributed by atoms with Crippen LogP contribution in [0.4, 0.5) is 0 Å². The van der Waals surface area contributed by atoms with Crippen LogP contribution < -0.4 is 5.73 Å². The molecular weight excluding hydrogens is 240 g/mol. The van der Waals surface area contributed by atoms with Crippen molar-refractivity contribution in [1.29, 1.82) is 0 Å². The zero-order valence-corrected chi connectivity index (χ0v) is 12.0. The molecule has 1 saturated carbocycles. The molecule has 1 aromatic rings. The lowest BCUT2D eigenvalue weighted by Crippen LogP contribution is -2.29. The molecule has 2 N–H and O–H groups in total. The molecule has 1 aliphatic rings. The highest BCUT2D eigenvalue weighted by molar-refractivity contribution is 7.80. The molecule has 0 heterocycles. The molecule has 98 valence electrons. The van der Waals surface area contributed by atoms with Gasteiger partial charge in [0.15, 0.2) is 0 Å². The largest absolute Gasteiger partial charge is 0.389 e. The summed E-state index contributed by atoms with van der Waals surface area (Å²) in [6, 6.07) is 9.11. The SMILES string of the molecule is CC(C)CN(Cc1cccc(C(N)=S)c1)C1CC1. The highest BCUT2D eigenvalue weighted by atomic mass is 32.1. The minimum absolute atomic E-state index is 0.485. The van der Waals surface area contributed by atoms with Gasteiger partial charge in [0.1, 0.15) is 4.99 Å². The normalized spacial score (nSPS) is 15.3. The molecule has 0 amide bonds. The maximum atomic E-state index is 5.68. The minimum atomic E-state index is 0.485. The van der Waals surface area contributed by atoms with E-state index in [1.165, 1.54) is 24.9 Å². The van der Waals surface area contributed by atoms with E-state index in [1.54, 1.807) is 0 Å². The van der Waals surface area contributed by atoms with Gasteiger partial charge in [0.05, 0.1) is 0 Å². The molecule has 0 aliphatic heterocycles. The Kier molecular flexibility index (Phi) is 4.36. The standard InChI is InChI=1S/C15H22N2S/c1-11(2)9-17(14-6-7-14)10-12-4-3-5-13(8-12)15(16)18/h3-5,8,11,14H,6-7,9-10H2,1-2H3,(H2,16,18). The van der Waals surface area contributed by atoms with Crippen molar-refractivity contribution in [3.05, 3.63) is 35.4 Å². The average molecular weight is 262 g/mol. The molecule has 1 aromatic carbocycles. The first-order valence-electron chi connectivity index (χ1n) is 6.69. The van der Waals surface area contributed by atoms with Gasteiger partial charge < -0.3 is 5.73 Å². The van der Waals surface area contributed by atoms with Crippen molar-refractivity contribution < 1.29 is 0 Å². The fraction of sp³-hybridized carbons (Fsp3) is 0.533. The molecule has 18 heavy (non-hydrogen) atoms. The molecule has 0 spiro atoms. The van der Waals surface area contributed by atoms with E-state index in [2.05, 4.69) is 30.9 Å². The number of thiocarbonyl (C=S) groups is 1. The van der Waals surface area contributed by atoms with Crippen LogP contribution in [0.1, 0.15) is 37.8 Å². The molecule has 2 rings (SSSR count). The number of nitrogens with two attached hydrogens (primary N) is 1. The summed E-state index contributed by atoms with van der Waals surface area (Å²) in [7, 11) is 0. The summed E-state index contributed by atoms with van der Waals surface area (Å²) >= 11 is 5.03. The van der Waals surface area contributed by atoms with Gasteiger partial charge in [0.2, 0.25) is 0 Å². The maximum absolute atomic E-state index is 5.68. The third-order valence-corrected chi connectivity index (χ3v) is 3.50. The second-order valence-corrected chi connectivity index (χ2v) is 6.06. The van der Waals surface area contributed by atoms with E-state index in [9.17, 15) is 0 Å². The Hall–Kier alpha value is -0.930. The molecule has 1 aliphatic carbocycles. The fourth-order valence-electron chi connectivity index (χ4n) is 2.31. The first kappa shape index (κ1) is 13.5. The number of hydrogen-bond acceptors (Lipinski definition) is 2. The van der Waals surface area contributed by atoms with E-state index in [1.807, 2.05) is 12.1 Å². The van der Waals surface area contributed by atoms with Gasteiger partial charge in [0, 0.05) is 24.7 Å². The van der Waals surface area contributed by atoms with Gasteiger partial charge in [-0.15, -0.1) is 0 Å². The van der Waals surface area contributed by atoms with E-state index >= 15 is 0 Å². The predicted molar refractivity (Wildman–Crippen MR) is 80.6 cm³/mol. The molecule has 2 nitrogen and oxygen atoms in total. The van der Waals surface area contributed by atoms with Crippen LogP contribution in [0.5, 0.6) is 0 Å². The van der Waals surface area contributed by atoms with Crippen molar-refractivity contribution in [2.24, 2.45) is 11.7 Å². The predicted octanol–water partition coefficient (Wildman–Crippen LogP) is 2.94. The lowest BCUT2D eigenvalue weighted by Gasteiger charge is -2.24. The van der Waals surface area contributed by atoms with E-state index in [-0.39, 0.29) is 0 Å². The van der Waals surface area contributed by atoms with Crippen molar-refractivity contribution in [1.82, 2.24) is 4.90 Å². The lowest BCUT2D eigenvalue weighted by molar-refractivity contribution is 0.226. The second-order valence-electron chi connectivity index (χ2n) is 5.62. The zero-order chi connectivity index (χ0) is 13.1. The molecule has 0 aromatic heterocycles. The zero-order valence-electron chi connectivity index (χ0n) is 11.2. The smallest absolute Gasteiger partial charge is 0.103 e. The van der Waals surface area contributed by atoms with Crippen LogP contribution in [0, 0.1) is 5.92 Å². The minimum Gasteiger partial charge on any atom is -0.389 e. The summed E-state index contributed by atoms with van der Waals surface area (Å²) in [5.74, 6) is 0.712. The summed E-state index contributed by atoms with van der Waals surface area (Å²) in [6.07, 6.45) is 2.70. The number of nitrogens with zero attached hydrogens (tertiary/aromatic N) is 1. The third-order valence-electron chi connectivity index (χ3n) is 3.26. The summed E-state index contributed by atoms with van der Waals surface area (Å²) in [5, 5.41) is 0. The Balaban J connectivity index is 2.06. The van der Waals surface area contributed by atoms with Gasteiger partial charge in [0.25, 0.3) is 0 Å². The van der Waals surface area contributed by atoms with Crippen LogP contribution in [0.25, 0.3) is 0 Å². The van der Waals surface area contributed by atoms with Crippen molar-refractivity contribution in [2.75, 3.05) is 6.54 Å². The highest BCUT2D eigenvalue weighted by Crippen LogP contribution is 2.29. The molecule has 0 saturated heterocycles. The van der Waals surface area contributed by atoms with Gasteiger partial charge in [-0.2, -0.15) is 0 Å². The van der Waals surface area contributed by atoms with Crippen LogP contribution in [-0.4, -0.2) is 22.5 Å². The number of benzene rings is 1. The molecule has 0 unspecified atom stereocenters. The Bertz CT molecular complexity index is 424. The Morgan fingerprint density at radius 3 is 2.72 bits per heavy atom. The highest BCUT2D eigenvalue weighted by Gasteiger charge is 2.29. The molecule has 0 radical (unpaired) electrons. The van der Waals surface area contributed by atoms with E-state index < -0.39 is 0 Å². The van der Waals surface area contributed by atoms with Crippen molar-refractivity contribution >= 4 is 17.2 Å². The first-order chi connectivity index (χ1) is 8.56. The monoisotopic (exact) mass is 262 g/mol. The van der Waals surface area contributed by atoms with E-state index in [0.29, 0.717) is 10.9 Å². The topological polar surface area (TPSA) is 29.3 Å². The summed E-state index contributed by atoms with van der Waals surface area (Å²) < 4.78 is 0. The van der Waals surface area contributed by atoms with Gasteiger partial charge >= 0.3 is 0 Å². The molecule has 0 atom stereocenters. The Labute approximate surface area is 115 Å². The summed E-state index contributed by atoms with van der Waals surface area (Å²) in [6.45, 7) is 6.74. The number of rotatable bonds is 6. The van der Waals surface area contributed by atoms with Gasteiger partial charge in [-0.3, -0.25) is 4.90 Å². The first-order valence-corrected chi connectivity index (χ1v) is 7.10. The van der Waals surface area contributed by atoms with Crippen molar-refractivity contribution in [3.8, 4) is 0 Å². The van der Waals surface area contributed by atoms with Gasteiger partial charge in [-0.05, 0) is 30.4 Å². The second kappa shape index (κ2) is 5.81. The van der Waals surface area contributed by atoms with Crippen molar-refractivity contribution in [3.63, 3.8) is 0 Å². The van der Waals surface area contributed by atoms with Crippen LogP contribution in [0.2, 0.25) is 0 Å². The average Bonchev–Trinajstić information content (AvgIpc) is 3.11. The van der Waals surface area contributed by atoms with Crippen LogP contribution in [0.15, 0.2) is 24.3 Å². The molecule has 0 bridgehead atoms. The van der Waals surface area contributed by atoms with E-state index in [0.717, 1.165) is 18.2 Å². The third kappa shape index (κ3) is 3.79. The fourth-order valence-corrected chi connectivity index (χ4v) is 2.44. The summed E-state index contributed by atoms with van der Waals surface area (Å²) in [5.41, 5.74) is 7.97.